The molecule has 0 aromatic heterocycles. The van der Waals surface area contributed by atoms with Gasteiger partial charge >= 0.3 is 0 Å². The summed E-state index contributed by atoms with van der Waals surface area (Å²) in [4.78, 5) is 0. The molecule has 2 rings (SSSR count). The molecule has 1 atom stereocenters. The van der Waals surface area contributed by atoms with Crippen molar-refractivity contribution >= 4 is 11.6 Å². The van der Waals surface area contributed by atoms with E-state index in [0.29, 0.717) is 11.5 Å². The molecular formula is C16H24ClN. The summed E-state index contributed by atoms with van der Waals surface area (Å²) in [6.45, 7) is 5.72. The minimum absolute atomic E-state index is 0.464. The summed E-state index contributed by atoms with van der Waals surface area (Å²) in [7, 11) is 0. The highest BCUT2D eigenvalue weighted by Crippen LogP contribution is 2.43. The average Bonchev–Trinajstić information content (AvgIpc) is 2.35. The number of halogens is 1. The molecular weight excluding hydrogens is 242 g/mol. The van der Waals surface area contributed by atoms with Crippen molar-refractivity contribution < 1.29 is 0 Å². The highest BCUT2D eigenvalue weighted by Gasteiger charge is 2.35. The van der Waals surface area contributed by atoms with Crippen LogP contribution in [-0.4, -0.2) is 6.54 Å². The van der Waals surface area contributed by atoms with Crippen LogP contribution in [0.2, 0.25) is 5.02 Å². The van der Waals surface area contributed by atoms with E-state index in [0.717, 1.165) is 18.0 Å². The molecule has 1 unspecified atom stereocenters. The number of hydrogen-bond donors (Lipinski definition) is 1. The van der Waals surface area contributed by atoms with Gasteiger partial charge in [0.05, 0.1) is 0 Å². The zero-order valence-electron chi connectivity index (χ0n) is 11.5. The van der Waals surface area contributed by atoms with Crippen LogP contribution in [0.3, 0.4) is 0 Å². The van der Waals surface area contributed by atoms with Gasteiger partial charge in [0.1, 0.15) is 0 Å². The molecule has 0 spiro atoms. The van der Waals surface area contributed by atoms with Crippen LogP contribution >= 0.6 is 11.6 Å². The molecule has 1 saturated carbocycles. The quantitative estimate of drug-likeness (QED) is 0.766. The summed E-state index contributed by atoms with van der Waals surface area (Å²) in [6, 6.07) is 8.72. The Balaban J connectivity index is 1.95. The van der Waals surface area contributed by atoms with E-state index < -0.39 is 0 Å². The van der Waals surface area contributed by atoms with Crippen molar-refractivity contribution in [2.24, 2.45) is 5.41 Å². The third-order valence-electron chi connectivity index (χ3n) is 4.57. The first kappa shape index (κ1) is 13.9. The van der Waals surface area contributed by atoms with E-state index in [9.17, 15) is 0 Å². The third kappa shape index (κ3) is 3.07. The van der Waals surface area contributed by atoms with Crippen LogP contribution in [0.15, 0.2) is 24.3 Å². The minimum atomic E-state index is 0.464. The second-order valence-electron chi connectivity index (χ2n) is 5.60. The maximum atomic E-state index is 5.94. The van der Waals surface area contributed by atoms with Crippen molar-refractivity contribution in [2.75, 3.05) is 6.54 Å². The Labute approximate surface area is 116 Å². The van der Waals surface area contributed by atoms with Crippen LogP contribution in [0.1, 0.15) is 57.6 Å². The van der Waals surface area contributed by atoms with Gasteiger partial charge in [-0.1, -0.05) is 44.0 Å². The van der Waals surface area contributed by atoms with Crippen LogP contribution in [-0.2, 0) is 0 Å². The summed E-state index contributed by atoms with van der Waals surface area (Å²) in [5.74, 6) is 0. The van der Waals surface area contributed by atoms with Crippen molar-refractivity contribution in [3.8, 4) is 0 Å². The molecule has 0 aliphatic heterocycles. The Morgan fingerprint density at radius 2 is 1.89 bits per heavy atom. The van der Waals surface area contributed by atoms with Gasteiger partial charge in [0, 0.05) is 17.6 Å². The maximum absolute atomic E-state index is 5.94. The Hall–Kier alpha value is -0.530. The topological polar surface area (TPSA) is 12.0 Å². The molecule has 1 fully saturated rings. The number of nitrogens with one attached hydrogen (secondary N) is 1. The summed E-state index contributed by atoms with van der Waals surface area (Å²) >= 11 is 5.94. The minimum Gasteiger partial charge on any atom is -0.309 e. The molecule has 1 nitrogen and oxygen atoms in total. The Morgan fingerprint density at radius 3 is 2.33 bits per heavy atom. The second-order valence-corrected chi connectivity index (χ2v) is 6.04. The predicted molar refractivity (Wildman–Crippen MR) is 79.1 cm³/mol. The number of hydrogen-bond acceptors (Lipinski definition) is 1. The van der Waals surface area contributed by atoms with Crippen LogP contribution in [0, 0.1) is 5.41 Å². The monoisotopic (exact) mass is 265 g/mol. The van der Waals surface area contributed by atoms with Crippen LogP contribution in [0.4, 0.5) is 0 Å². The highest BCUT2D eigenvalue weighted by atomic mass is 35.5. The van der Waals surface area contributed by atoms with E-state index in [4.69, 9.17) is 11.6 Å². The summed E-state index contributed by atoms with van der Waals surface area (Å²) in [5.41, 5.74) is 1.94. The van der Waals surface area contributed by atoms with Gasteiger partial charge in [-0.25, -0.2) is 0 Å². The molecule has 18 heavy (non-hydrogen) atoms. The fourth-order valence-corrected chi connectivity index (χ4v) is 2.99. The van der Waals surface area contributed by atoms with E-state index in [1.54, 1.807) is 0 Å². The molecule has 1 aromatic carbocycles. The molecule has 0 saturated heterocycles. The zero-order chi connectivity index (χ0) is 13.0. The number of benzene rings is 1. The fraction of sp³-hybridized carbons (Fsp3) is 0.625. The van der Waals surface area contributed by atoms with Gasteiger partial charge in [-0.2, -0.15) is 0 Å². The largest absolute Gasteiger partial charge is 0.309 e. The van der Waals surface area contributed by atoms with Crippen molar-refractivity contribution in [1.29, 1.82) is 0 Å². The lowest BCUT2D eigenvalue weighted by molar-refractivity contribution is 0.118. The van der Waals surface area contributed by atoms with Crippen LogP contribution in [0.25, 0.3) is 0 Å². The number of rotatable bonds is 6. The first-order valence-corrected chi connectivity index (χ1v) is 7.56. The highest BCUT2D eigenvalue weighted by molar-refractivity contribution is 6.30. The SMILES string of the molecule is CCC(NCC1(CC)CCC1)c1ccc(Cl)cc1. The van der Waals surface area contributed by atoms with Gasteiger partial charge in [0.25, 0.3) is 0 Å². The Bertz CT molecular complexity index is 362. The van der Waals surface area contributed by atoms with Crippen molar-refractivity contribution in [3.05, 3.63) is 34.9 Å². The first-order valence-electron chi connectivity index (χ1n) is 7.18. The molecule has 1 aliphatic rings. The van der Waals surface area contributed by atoms with Gasteiger partial charge in [-0.05, 0) is 48.8 Å². The molecule has 0 radical (unpaired) electrons. The lowest BCUT2D eigenvalue weighted by atomic mass is 9.67. The smallest absolute Gasteiger partial charge is 0.0406 e. The van der Waals surface area contributed by atoms with Crippen LogP contribution < -0.4 is 5.32 Å². The molecule has 100 valence electrons. The second kappa shape index (κ2) is 6.08. The van der Waals surface area contributed by atoms with Crippen molar-refractivity contribution in [1.82, 2.24) is 5.32 Å². The third-order valence-corrected chi connectivity index (χ3v) is 4.82. The van der Waals surface area contributed by atoms with E-state index in [2.05, 4.69) is 31.3 Å². The lowest BCUT2D eigenvalue weighted by Crippen LogP contribution is -2.40. The Kier molecular flexibility index (Phi) is 4.69. The Morgan fingerprint density at radius 1 is 1.22 bits per heavy atom. The van der Waals surface area contributed by atoms with Gasteiger partial charge in [0.2, 0.25) is 0 Å². The van der Waals surface area contributed by atoms with Crippen molar-refractivity contribution in [3.63, 3.8) is 0 Å². The fourth-order valence-electron chi connectivity index (χ4n) is 2.86. The lowest BCUT2D eigenvalue weighted by Gasteiger charge is -2.42. The van der Waals surface area contributed by atoms with E-state index >= 15 is 0 Å². The molecule has 0 amide bonds. The molecule has 1 aliphatic carbocycles. The van der Waals surface area contributed by atoms with Gasteiger partial charge < -0.3 is 5.32 Å². The summed E-state index contributed by atoms with van der Waals surface area (Å²) < 4.78 is 0. The predicted octanol–water partition coefficient (Wildman–Crippen LogP) is 4.96. The molecule has 1 N–H and O–H groups in total. The first-order chi connectivity index (χ1) is 8.69. The van der Waals surface area contributed by atoms with Gasteiger partial charge in [-0.15, -0.1) is 0 Å². The zero-order valence-corrected chi connectivity index (χ0v) is 12.3. The molecule has 1 aromatic rings. The van der Waals surface area contributed by atoms with Gasteiger partial charge in [0.15, 0.2) is 0 Å². The molecule has 0 heterocycles. The average molecular weight is 266 g/mol. The van der Waals surface area contributed by atoms with E-state index in [-0.39, 0.29) is 0 Å². The van der Waals surface area contributed by atoms with Gasteiger partial charge in [-0.3, -0.25) is 0 Å². The maximum Gasteiger partial charge on any atom is 0.0406 e. The van der Waals surface area contributed by atoms with E-state index in [1.165, 1.54) is 31.2 Å². The van der Waals surface area contributed by atoms with Crippen molar-refractivity contribution in [2.45, 2.75) is 52.0 Å². The molecule has 2 heteroatoms. The standard InChI is InChI=1S/C16H24ClN/c1-3-15(13-6-8-14(17)9-7-13)18-12-16(4-2)10-5-11-16/h6-9,15,18H,3-5,10-12H2,1-2H3. The summed E-state index contributed by atoms with van der Waals surface area (Å²) in [6.07, 6.45) is 6.63. The summed E-state index contributed by atoms with van der Waals surface area (Å²) in [5, 5.41) is 4.57. The normalized spacial score (nSPS) is 19.3. The molecule has 0 bridgehead atoms. The van der Waals surface area contributed by atoms with Crippen LogP contribution in [0.5, 0.6) is 0 Å². The van der Waals surface area contributed by atoms with E-state index in [1.807, 2.05) is 12.1 Å².